The number of H-pyrrole nitrogens is 1. The Morgan fingerprint density at radius 1 is 1.35 bits per heavy atom. The van der Waals surface area contributed by atoms with E-state index < -0.39 is 18.8 Å². The van der Waals surface area contributed by atoms with Crippen molar-refractivity contribution in [3.8, 4) is 0 Å². The molecule has 108 valence electrons. The minimum atomic E-state index is -4.49. The molecule has 1 N–H and O–H groups in total. The van der Waals surface area contributed by atoms with Crippen LogP contribution in [0.2, 0.25) is 0 Å². The number of aromatic amines is 1. The monoisotopic (exact) mass is 285 g/mol. The van der Waals surface area contributed by atoms with Crippen molar-refractivity contribution in [2.75, 3.05) is 6.61 Å². The Bertz CT molecular complexity index is 604. The van der Waals surface area contributed by atoms with Crippen LogP contribution in [0.25, 0.3) is 10.9 Å². The minimum Gasteiger partial charge on any atom is -0.456 e. The van der Waals surface area contributed by atoms with Gasteiger partial charge >= 0.3 is 12.1 Å². The summed E-state index contributed by atoms with van der Waals surface area (Å²) in [5, 5.41) is 0.962. The number of hydrogen-bond donors (Lipinski definition) is 1. The lowest BCUT2D eigenvalue weighted by molar-refractivity contribution is -0.186. The Morgan fingerprint density at radius 3 is 2.75 bits per heavy atom. The maximum absolute atomic E-state index is 12.0. The van der Waals surface area contributed by atoms with E-state index in [0.717, 1.165) is 16.5 Å². The van der Waals surface area contributed by atoms with Gasteiger partial charge in [-0.3, -0.25) is 4.79 Å². The van der Waals surface area contributed by atoms with Gasteiger partial charge < -0.3 is 9.72 Å². The first-order chi connectivity index (χ1) is 9.37. The highest BCUT2D eigenvalue weighted by molar-refractivity contribution is 5.84. The summed E-state index contributed by atoms with van der Waals surface area (Å²) in [4.78, 5) is 14.5. The molecule has 0 aliphatic carbocycles. The number of ether oxygens (including phenoxy) is 1. The summed E-state index contributed by atoms with van der Waals surface area (Å²) in [6.07, 6.45) is -2.80. The Morgan fingerprint density at radius 2 is 2.05 bits per heavy atom. The van der Waals surface area contributed by atoms with Crippen molar-refractivity contribution in [1.82, 2.24) is 4.98 Å². The van der Waals surface area contributed by atoms with Gasteiger partial charge in [0.2, 0.25) is 0 Å². The van der Waals surface area contributed by atoms with Crippen molar-refractivity contribution in [2.45, 2.75) is 25.4 Å². The number of hydrogen-bond acceptors (Lipinski definition) is 2. The molecule has 6 heteroatoms. The molecule has 2 aromatic rings. The van der Waals surface area contributed by atoms with Crippen LogP contribution in [0.4, 0.5) is 13.2 Å². The second-order valence-electron chi connectivity index (χ2n) is 4.67. The third-order valence-corrected chi connectivity index (χ3v) is 3.02. The van der Waals surface area contributed by atoms with Gasteiger partial charge in [-0.15, -0.1) is 0 Å². The standard InChI is InChI=1S/C14H14F3NO2/c1-9(6-13(19)20-8-14(15,16)17)11-7-18-12-5-3-2-4-10(11)12/h2-5,7,9,18H,6,8H2,1H3/t9-/m1/s1. The Hall–Kier alpha value is -1.98. The number of nitrogens with one attached hydrogen (secondary N) is 1. The van der Waals surface area contributed by atoms with Gasteiger partial charge in [0.1, 0.15) is 0 Å². The Kier molecular flexibility index (Phi) is 4.01. The van der Waals surface area contributed by atoms with E-state index in [-0.39, 0.29) is 12.3 Å². The van der Waals surface area contributed by atoms with Gasteiger partial charge in [0, 0.05) is 17.1 Å². The molecular weight excluding hydrogens is 271 g/mol. The second-order valence-corrected chi connectivity index (χ2v) is 4.67. The molecule has 0 spiro atoms. The first kappa shape index (κ1) is 14.4. The summed E-state index contributed by atoms with van der Waals surface area (Å²) < 4.78 is 40.1. The van der Waals surface area contributed by atoms with Crippen LogP contribution < -0.4 is 0 Å². The van der Waals surface area contributed by atoms with E-state index in [4.69, 9.17) is 0 Å². The second kappa shape index (κ2) is 5.56. The summed E-state index contributed by atoms with van der Waals surface area (Å²) in [6, 6.07) is 7.55. The quantitative estimate of drug-likeness (QED) is 0.869. The van der Waals surface area contributed by atoms with E-state index in [2.05, 4.69) is 9.72 Å². The normalized spacial score (nSPS) is 13.4. The maximum Gasteiger partial charge on any atom is 0.422 e. The molecule has 1 aromatic heterocycles. The number of alkyl halides is 3. The molecule has 20 heavy (non-hydrogen) atoms. The molecule has 3 nitrogen and oxygen atoms in total. The zero-order valence-corrected chi connectivity index (χ0v) is 10.8. The summed E-state index contributed by atoms with van der Waals surface area (Å²) in [7, 11) is 0. The van der Waals surface area contributed by atoms with Gasteiger partial charge in [-0.05, 0) is 17.5 Å². The molecule has 0 fully saturated rings. The van der Waals surface area contributed by atoms with Crippen molar-refractivity contribution in [3.63, 3.8) is 0 Å². The van der Waals surface area contributed by atoms with Gasteiger partial charge in [0.25, 0.3) is 0 Å². The largest absolute Gasteiger partial charge is 0.456 e. The molecule has 0 radical (unpaired) electrons. The fourth-order valence-corrected chi connectivity index (χ4v) is 2.08. The van der Waals surface area contributed by atoms with Crippen molar-refractivity contribution in [3.05, 3.63) is 36.0 Å². The summed E-state index contributed by atoms with van der Waals surface area (Å²) >= 11 is 0. The molecule has 0 amide bonds. The number of rotatable bonds is 4. The number of halogens is 3. The van der Waals surface area contributed by atoms with Gasteiger partial charge in [-0.25, -0.2) is 0 Å². The Balaban J connectivity index is 2.01. The molecule has 0 saturated heterocycles. The smallest absolute Gasteiger partial charge is 0.422 e. The van der Waals surface area contributed by atoms with Gasteiger partial charge in [0.15, 0.2) is 6.61 Å². The molecule has 1 atom stereocenters. The zero-order chi connectivity index (χ0) is 14.8. The molecule has 1 aromatic carbocycles. The average Bonchev–Trinajstić information content (AvgIpc) is 2.79. The van der Waals surface area contributed by atoms with Gasteiger partial charge in [0.05, 0.1) is 6.42 Å². The molecule has 0 saturated carbocycles. The summed E-state index contributed by atoms with van der Waals surface area (Å²) in [5.74, 6) is -1.06. The topological polar surface area (TPSA) is 42.1 Å². The number of carbonyl (C=O) groups excluding carboxylic acids is 1. The molecule has 1 heterocycles. The number of fused-ring (bicyclic) bond motifs is 1. The predicted molar refractivity (Wildman–Crippen MR) is 68.3 cm³/mol. The van der Waals surface area contributed by atoms with Crippen LogP contribution in [0.3, 0.4) is 0 Å². The van der Waals surface area contributed by atoms with Crippen LogP contribution in [0, 0.1) is 0 Å². The van der Waals surface area contributed by atoms with Crippen molar-refractivity contribution in [1.29, 1.82) is 0 Å². The minimum absolute atomic E-state index is 0.0854. The predicted octanol–water partition coefficient (Wildman–Crippen LogP) is 3.77. The number of esters is 1. The van der Waals surface area contributed by atoms with Gasteiger partial charge in [-0.2, -0.15) is 13.2 Å². The number of para-hydroxylation sites is 1. The third kappa shape index (κ3) is 3.53. The average molecular weight is 285 g/mol. The number of carbonyl (C=O) groups is 1. The first-order valence-corrected chi connectivity index (χ1v) is 6.15. The van der Waals surface area contributed by atoms with E-state index in [0.29, 0.717) is 0 Å². The lowest BCUT2D eigenvalue weighted by Gasteiger charge is -2.11. The molecule has 0 bridgehead atoms. The van der Waals surface area contributed by atoms with Crippen LogP contribution in [-0.2, 0) is 9.53 Å². The fourth-order valence-electron chi connectivity index (χ4n) is 2.08. The number of aromatic nitrogens is 1. The number of benzene rings is 1. The van der Waals surface area contributed by atoms with E-state index >= 15 is 0 Å². The highest BCUT2D eigenvalue weighted by Gasteiger charge is 2.30. The first-order valence-electron chi connectivity index (χ1n) is 6.15. The van der Waals surface area contributed by atoms with E-state index in [1.807, 2.05) is 24.3 Å². The van der Waals surface area contributed by atoms with Crippen LogP contribution in [0.5, 0.6) is 0 Å². The molecule has 2 rings (SSSR count). The van der Waals surface area contributed by atoms with Crippen LogP contribution in [-0.4, -0.2) is 23.7 Å². The summed E-state index contributed by atoms with van der Waals surface area (Å²) in [6.45, 7) is 0.247. The maximum atomic E-state index is 12.0. The molecule has 0 aliphatic heterocycles. The SMILES string of the molecule is C[C@H](CC(=O)OCC(F)(F)F)c1c[nH]c2ccccc12. The third-order valence-electron chi connectivity index (χ3n) is 3.02. The summed E-state index contributed by atoms with van der Waals surface area (Å²) in [5.41, 5.74) is 1.82. The van der Waals surface area contributed by atoms with Crippen LogP contribution in [0.15, 0.2) is 30.5 Å². The van der Waals surface area contributed by atoms with E-state index in [9.17, 15) is 18.0 Å². The highest BCUT2D eigenvalue weighted by Crippen LogP contribution is 2.28. The van der Waals surface area contributed by atoms with Crippen molar-refractivity contribution in [2.24, 2.45) is 0 Å². The highest BCUT2D eigenvalue weighted by atomic mass is 19.4. The van der Waals surface area contributed by atoms with E-state index in [1.54, 1.807) is 13.1 Å². The van der Waals surface area contributed by atoms with Gasteiger partial charge in [-0.1, -0.05) is 25.1 Å². The van der Waals surface area contributed by atoms with E-state index in [1.165, 1.54) is 0 Å². The van der Waals surface area contributed by atoms with Crippen LogP contribution in [0.1, 0.15) is 24.8 Å². The molecule has 0 aliphatic rings. The lowest BCUT2D eigenvalue weighted by Crippen LogP contribution is -2.21. The fraction of sp³-hybridized carbons (Fsp3) is 0.357. The zero-order valence-electron chi connectivity index (χ0n) is 10.8. The van der Waals surface area contributed by atoms with Crippen molar-refractivity contribution >= 4 is 16.9 Å². The Labute approximate surface area is 113 Å². The molecular formula is C14H14F3NO2. The van der Waals surface area contributed by atoms with Crippen LogP contribution >= 0.6 is 0 Å². The molecule has 0 unspecified atom stereocenters. The van der Waals surface area contributed by atoms with Crippen molar-refractivity contribution < 1.29 is 22.7 Å². The lowest BCUT2D eigenvalue weighted by atomic mass is 9.97.